The smallest absolute Gasteiger partial charge is 0.106 e. The maximum absolute atomic E-state index is 5.42. The third-order valence-corrected chi connectivity index (χ3v) is 3.34. The topological polar surface area (TPSA) is 26.0 Å². The highest BCUT2D eigenvalue weighted by atomic mass is 16.3. The molecule has 0 N–H and O–H groups in total. The third kappa shape index (κ3) is 3.19. The van der Waals surface area contributed by atoms with E-state index in [1.165, 1.54) is 12.0 Å². The van der Waals surface area contributed by atoms with Gasteiger partial charge in [0.05, 0.1) is 6.26 Å². The van der Waals surface area contributed by atoms with E-state index in [0.29, 0.717) is 11.8 Å². The molecular formula is C15H19NO. The van der Waals surface area contributed by atoms with E-state index < -0.39 is 0 Å². The van der Waals surface area contributed by atoms with Crippen molar-refractivity contribution in [3.8, 4) is 0 Å². The molecule has 0 bridgehead atoms. The molecule has 0 spiro atoms. The van der Waals surface area contributed by atoms with Crippen molar-refractivity contribution >= 4 is 0 Å². The Balaban J connectivity index is 1.86. The van der Waals surface area contributed by atoms with E-state index in [0.717, 1.165) is 12.2 Å². The van der Waals surface area contributed by atoms with Crippen LogP contribution >= 0.6 is 0 Å². The fourth-order valence-corrected chi connectivity index (χ4v) is 2.07. The Morgan fingerprint density at radius 1 is 1.06 bits per heavy atom. The molecule has 0 saturated heterocycles. The monoisotopic (exact) mass is 229 g/mol. The van der Waals surface area contributed by atoms with E-state index in [1.807, 2.05) is 18.5 Å². The molecule has 0 aromatic carbocycles. The van der Waals surface area contributed by atoms with Gasteiger partial charge in [0.2, 0.25) is 0 Å². The van der Waals surface area contributed by atoms with Crippen LogP contribution in [-0.2, 0) is 0 Å². The SMILES string of the molecule is CC(CCC(C)c1ccco1)c1ccncc1. The molecule has 2 heterocycles. The zero-order valence-corrected chi connectivity index (χ0v) is 10.5. The number of hydrogen-bond acceptors (Lipinski definition) is 2. The van der Waals surface area contributed by atoms with Gasteiger partial charge in [-0.05, 0) is 48.6 Å². The number of hydrogen-bond donors (Lipinski definition) is 0. The minimum atomic E-state index is 0.495. The number of pyridine rings is 1. The summed E-state index contributed by atoms with van der Waals surface area (Å²) in [7, 11) is 0. The second-order valence-corrected chi connectivity index (χ2v) is 4.68. The Morgan fingerprint density at radius 2 is 1.76 bits per heavy atom. The highest BCUT2D eigenvalue weighted by molar-refractivity contribution is 5.15. The van der Waals surface area contributed by atoms with Crippen molar-refractivity contribution in [3.05, 3.63) is 54.2 Å². The average molecular weight is 229 g/mol. The van der Waals surface area contributed by atoms with Gasteiger partial charge in [-0.1, -0.05) is 13.8 Å². The molecule has 2 rings (SSSR count). The van der Waals surface area contributed by atoms with Crippen molar-refractivity contribution in [3.63, 3.8) is 0 Å². The lowest BCUT2D eigenvalue weighted by Gasteiger charge is -2.14. The van der Waals surface area contributed by atoms with Crippen LogP contribution < -0.4 is 0 Å². The number of furan rings is 1. The Labute approximate surface area is 103 Å². The quantitative estimate of drug-likeness (QED) is 0.761. The van der Waals surface area contributed by atoms with E-state index in [9.17, 15) is 0 Å². The van der Waals surface area contributed by atoms with Crippen molar-refractivity contribution in [2.45, 2.75) is 38.5 Å². The summed E-state index contributed by atoms with van der Waals surface area (Å²) in [5.74, 6) is 2.16. The van der Waals surface area contributed by atoms with Crippen molar-refractivity contribution in [1.29, 1.82) is 0 Å². The van der Waals surface area contributed by atoms with E-state index in [2.05, 4.69) is 37.0 Å². The third-order valence-electron chi connectivity index (χ3n) is 3.34. The van der Waals surface area contributed by atoms with E-state index in [1.54, 1.807) is 6.26 Å². The molecule has 90 valence electrons. The molecule has 2 aromatic heterocycles. The summed E-state index contributed by atoms with van der Waals surface area (Å²) in [4.78, 5) is 4.05. The van der Waals surface area contributed by atoms with Gasteiger partial charge in [0, 0.05) is 18.3 Å². The Kier molecular flexibility index (Phi) is 3.97. The molecule has 0 radical (unpaired) electrons. The molecule has 2 atom stereocenters. The van der Waals surface area contributed by atoms with Crippen LogP contribution in [0.25, 0.3) is 0 Å². The van der Waals surface area contributed by atoms with Crippen LogP contribution in [0.1, 0.15) is 49.8 Å². The predicted octanol–water partition coefficient (Wildman–Crippen LogP) is 4.36. The van der Waals surface area contributed by atoms with Crippen LogP contribution in [0.2, 0.25) is 0 Å². The Morgan fingerprint density at radius 3 is 2.41 bits per heavy atom. The fraction of sp³-hybridized carbons (Fsp3) is 0.400. The van der Waals surface area contributed by atoms with E-state index in [4.69, 9.17) is 4.42 Å². The maximum atomic E-state index is 5.42. The molecule has 0 fully saturated rings. The summed E-state index contributed by atoms with van der Waals surface area (Å²) in [6.07, 6.45) is 7.80. The lowest BCUT2D eigenvalue weighted by atomic mass is 9.92. The lowest BCUT2D eigenvalue weighted by Crippen LogP contribution is -1.98. The number of rotatable bonds is 5. The summed E-state index contributed by atoms with van der Waals surface area (Å²) in [5.41, 5.74) is 1.37. The lowest BCUT2D eigenvalue weighted by molar-refractivity contribution is 0.447. The van der Waals surface area contributed by atoms with Crippen molar-refractivity contribution in [1.82, 2.24) is 4.98 Å². The van der Waals surface area contributed by atoms with Crippen LogP contribution in [0, 0.1) is 0 Å². The summed E-state index contributed by atoms with van der Waals surface area (Å²) in [6, 6.07) is 8.21. The molecular weight excluding hydrogens is 210 g/mol. The highest BCUT2D eigenvalue weighted by Crippen LogP contribution is 2.27. The molecule has 2 unspecified atom stereocenters. The molecule has 0 amide bonds. The zero-order chi connectivity index (χ0) is 12.1. The largest absolute Gasteiger partial charge is 0.469 e. The summed E-state index contributed by atoms with van der Waals surface area (Å²) in [6.45, 7) is 4.49. The van der Waals surface area contributed by atoms with Crippen LogP contribution in [-0.4, -0.2) is 4.98 Å². The summed E-state index contributed by atoms with van der Waals surface area (Å²) < 4.78 is 5.42. The molecule has 17 heavy (non-hydrogen) atoms. The molecule has 0 saturated carbocycles. The molecule has 0 aliphatic carbocycles. The van der Waals surface area contributed by atoms with Gasteiger partial charge in [-0.2, -0.15) is 0 Å². The summed E-state index contributed by atoms with van der Waals surface area (Å²) in [5, 5.41) is 0. The van der Waals surface area contributed by atoms with E-state index in [-0.39, 0.29) is 0 Å². The van der Waals surface area contributed by atoms with Crippen molar-refractivity contribution in [2.24, 2.45) is 0 Å². The minimum absolute atomic E-state index is 0.495. The first-order valence-electron chi connectivity index (χ1n) is 6.20. The predicted molar refractivity (Wildman–Crippen MR) is 69.0 cm³/mol. The second-order valence-electron chi connectivity index (χ2n) is 4.68. The van der Waals surface area contributed by atoms with Gasteiger partial charge in [0.1, 0.15) is 5.76 Å². The molecule has 2 aromatic rings. The van der Waals surface area contributed by atoms with Gasteiger partial charge >= 0.3 is 0 Å². The standard InChI is InChI=1S/C15H19NO/c1-12(14-7-9-16-10-8-14)5-6-13(2)15-4-3-11-17-15/h3-4,7-13H,5-6H2,1-2H3. The first kappa shape index (κ1) is 11.9. The number of nitrogens with zero attached hydrogens (tertiary/aromatic N) is 1. The van der Waals surface area contributed by atoms with Crippen LogP contribution in [0.4, 0.5) is 0 Å². The van der Waals surface area contributed by atoms with Crippen molar-refractivity contribution < 1.29 is 4.42 Å². The van der Waals surface area contributed by atoms with Gasteiger partial charge in [0.25, 0.3) is 0 Å². The highest BCUT2D eigenvalue weighted by Gasteiger charge is 2.11. The molecule has 2 heteroatoms. The van der Waals surface area contributed by atoms with Gasteiger partial charge in [0.15, 0.2) is 0 Å². The molecule has 0 aliphatic rings. The zero-order valence-electron chi connectivity index (χ0n) is 10.5. The average Bonchev–Trinajstić information content (AvgIpc) is 2.90. The maximum Gasteiger partial charge on any atom is 0.106 e. The van der Waals surface area contributed by atoms with Gasteiger partial charge < -0.3 is 4.42 Å². The van der Waals surface area contributed by atoms with Gasteiger partial charge in [-0.25, -0.2) is 0 Å². The fourth-order valence-electron chi connectivity index (χ4n) is 2.07. The number of aromatic nitrogens is 1. The first-order valence-corrected chi connectivity index (χ1v) is 6.20. The first-order chi connectivity index (χ1) is 8.27. The van der Waals surface area contributed by atoms with Crippen LogP contribution in [0.15, 0.2) is 47.3 Å². The second kappa shape index (κ2) is 5.67. The van der Waals surface area contributed by atoms with Crippen LogP contribution in [0.3, 0.4) is 0 Å². The van der Waals surface area contributed by atoms with Gasteiger partial charge in [-0.3, -0.25) is 4.98 Å². The van der Waals surface area contributed by atoms with Crippen molar-refractivity contribution in [2.75, 3.05) is 0 Å². The van der Waals surface area contributed by atoms with E-state index >= 15 is 0 Å². The summed E-state index contributed by atoms with van der Waals surface area (Å²) >= 11 is 0. The normalized spacial score (nSPS) is 14.5. The molecule has 0 aliphatic heterocycles. The minimum Gasteiger partial charge on any atom is -0.469 e. The van der Waals surface area contributed by atoms with Crippen LogP contribution in [0.5, 0.6) is 0 Å². The Bertz CT molecular complexity index is 421. The Hall–Kier alpha value is -1.57. The van der Waals surface area contributed by atoms with Gasteiger partial charge in [-0.15, -0.1) is 0 Å². The molecule has 2 nitrogen and oxygen atoms in total.